The summed E-state index contributed by atoms with van der Waals surface area (Å²) in [6, 6.07) is 10.4. The number of hydrogen-bond acceptors (Lipinski definition) is 3. The number of nitrogens with zero attached hydrogens (tertiary/aromatic N) is 2. The molecule has 0 bridgehead atoms. The maximum absolute atomic E-state index is 12.3. The summed E-state index contributed by atoms with van der Waals surface area (Å²) in [5.74, 6) is 0.942. The van der Waals surface area contributed by atoms with Gasteiger partial charge < -0.3 is 5.32 Å². The highest BCUT2D eigenvalue weighted by molar-refractivity contribution is 7.08. The van der Waals surface area contributed by atoms with Crippen molar-refractivity contribution < 1.29 is 4.79 Å². The van der Waals surface area contributed by atoms with Crippen molar-refractivity contribution in [2.24, 2.45) is 0 Å². The van der Waals surface area contributed by atoms with Gasteiger partial charge in [-0.05, 0) is 53.4 Å². The number of carbonyl (C=O) groups is 1. The molecule has 0 aliphatic carbocycles. The fraction of sp³-hybridized carbons (Fsp3) is 0.263. The third kappa shape index (κ3) is 2.45. The molecule has 4 rings (SSSR count). The second-order valence-corrected chi connectivity index (χ2v) is 6.92. The number of hydrogen-bond donors (Lipinski definition) is 1. The summed E-state index contributed by atoms with van der Waals surface area (Å²) < 4.78 is 1.86. The largest absolute Gasteiger partial charge is 0.310 e. The van der Waals surface area contributed by atoms with E-state index in [1.165, 1.54) is 11.1 Å². The Morgan fingerprint density at radius 3 is 2.75 bits per heavy atom. The number of amides is 1. The normalized spacial score (nSPS) is 16.8. The summed E-state index contributed by atoms with van der Waals surface area (Å²) >= 11 is 1.66. The number of thiophene rings is 1. The molecule has 1 amide bonds. The molecular formula is C19H19N3OS. The lowest BCUT2D eigenvalue weighted by Crippen LogP contribution is -2.24. The van der Waals surface area contributed by atoms with Crippen LogP contribution in [0.15, 0.2) is 41.1 Å². The van der Waals surface area contributed by atoms with E-state index in [2.05, 4.69) is 53.3 Å². The van der Waals surface area contributed by atoms with Crippen molar-refractivity contribution in [1.82, 2.24) is 9.78 Å². The summed E-state index contributed by atoms with van der Waals surface area (Å²) in [6.45, 7) is 4.16. The molecule has 24 heavy (non-hydrogen) atoms. The Morgan fingerprint density at radius 1 is 1.29 bits per heavy atom. The van der Waals surface area contributed by atoms with Crippen molar-refractivity contribution in [1.29, 1.82) is 0 Å². The van der Waals surface area contributed by atoms with E-state index in [1.807, 2.05) is 11.6 Å². The van der Waals surface area contributed by atoms with E-state index in [0.29, 0.717) is 6.42 Å². The van der Waals surface area contributed by atoms with Crippen LogP contribution in [0.5, 0.6) is 0 Å². The van der Waals surface area contributed by atoms with E-state index in [9.17, 15) is 4.79 Å². The molecule has 3 heterocycles. The number of benzene rings is 1. The predicted molar refractivity (Wildman–Crippen MR) is 97.1 cm³/mol. The number of aryl methyl sites for hydroxylation is 2. The predicted octanol–water partition coefficient (Wildman–Crippen LogP) is 4.28. The first kappa shape index (κ1) is 15.1. The first-order valence-corrected chi connectivity index (χ1v) is 9.12. The summed E-state index contributed by atoms with van der Waals surface area (Å²) in [5, 5.41) is 11.9. The molecule has 0 unspecified atom stereocenters. The lowest BCUT2D eigenvalue weighted by atomic mass is 9.87. The van der Waals surface area contributed by atoms with Gasteiger partial charge in [0.1, 0.15) is 5.82 Å². The van der Waals surface area contributed by atoms with Gasteiger partial charge >= 0.3 is 0 Å². The van der Waals surface area contributed by atoms with E-state index in [0.717, 1.165) is 29.2 Å². The second-order valence-electron chi connectivity index (χ2n) is 6.14. The zero-order chi connectivity index (χ0) is 16.7. The van der Waals surface area contributed by atoms with Crippen LogP contribution >= 0.6 is 11.3 Å². The summed E-state index contributed by atoms with van der Waals surface area (Å²) in [6.07, 6.45) is 1.48. The van der Waals surface area contributed by atoms with Gasteiger partial charge in [0, 0.05) is 17.9 Å². The van der Waals surface area contributed by atoms with Crippen LogP contribution in [0, 0.1) is 6.92 Å². The zero-order valence-electron chi connectivity index (χ0n) is 13.7. The molecule has 1 aliphatic heterocycles. The first-order valence-electron chi connectivity index (χ1n) is 8.18. The van der Waals surface area contributed by atoms with Gasteiger partial charge in [0.2, 0.25) is 5.91 Å². The molecular weight excluding hydrogens is 318 g/mol. The van der Waals surface area contributed by atoms with E-state index in [4.69, 9.17) is 5.10 Å². The van der Waals surface area contributed by atoms with Crippen molar-refractivity contribution in [3.05, 3.63) is 63.5 Å². The Bertz CT molecular complexity index is 878. The van der Waals surface area contributed by atoms with Gasteiger partial charge in [-0.3, -0.25) is 4.79 Å². The minimum absolute atomic E-state index is 0.0463. The van der Waals surface area contributed by atoms with Crippen molar-refractivity contribution in [3.8, 4) is 5.69 Å². The SMILES string of the molecule is CCc1ccc(-n2nc(C)c3c2NC(=O)C[C@H]3c2ccsc2)cc1. The van der Waals surface area contributed by atoms with Gasteiger partial charge in [-0.2, -0.15) is 16.4 Å². The zero-order valence-corrected chi connectivity index (χ0v) is 14.6. The van der Waals surface area contributed by atoms with Crippen LogP contribution in [-0.4, -0.2) is 15.7 Å². The van der Waals surface area contributed by atoms with Crippen LogP contribution in [0.4, 0.5) is 5.82 Å². The number of rotatable bonds is 3. The highest BCUT2D eigenvalue weighted by Crippen LogP contribution is 2.40. The van der Waals surface area contributed by atoms with Gasteiger partial charge in [0.25, 0.3) is 0 Å². The summed E-state index contributed by atoms with van der Waals surface area (Å²) in [5.41, 5.74) is 5.56. The maximum Gasteiger partial charge on any atom is 0.226 e. The van der Waals surface area contributed by atoms with Crippen molar-refractivity contribution >= 4 is 23.1 Å². The van der Waals surface area contributed by atoms with Gasteiger partial charge in [0.05, 0.1) is 11.4 Å². The van der Waals surface area contributed by atoms with Crippen LogP contribution < -0.4 is 5.32 Å². The molecule has 5 heteroatoms. The van der Waals surface area contributed by atoms with E-state index >= 15 is 0 Å². The Kier molecular flexibility index (Phi) is 3.73. The number of anilines is 1. The highest BCUT2D eigenvalue weighted by Gasteiger charge is 2.32. The smallest absolute Gasteiger partial charge is 0.226 e. The standard InChI is InChI=1S/C19H19N3OS/c1-3-13-4-6-15(7-5-13)22-19-18(12(2)21-22)16(10-17(23)20-19)14-8-9-24-11-14/h4-9,11,16H,3,10H2,1-2H3,(H,20,23)/t16-/m0/s1. The number of nitrogens with one attached hydrogen (secondary N) is 1. The van der Waals surface area contributed by atoms with Gasteiger partial charge in [0.15, 0.2) is 0 Å². The molecule has 122 valence electrons. The maximum atomic E-state index is 12.3. The Morgan fingerprint density at radius 2 is 2.08 bits per heavy atom. The minimum atomic E-state index is 0.0463. The molecule has 0 saturated carbocycles. The molecule has 0 radical (unpaired) electrons. The second kappa shape index (κ2) is 5.91. The number of fused-ring (bicyclic) bond motifs is 1. The van der Waals surface area contributed by atoms with Crippen LogP contribution in [0.25, 0.3) is 5.69 Å². The highest BCUT2D eigenvalue weighted by atomic mass is 32.1. The lowest BCUT2D eigenvalue weighted by Gasteiger charge is -2.23. The number of aromatic nitrogens is 2. The van der Waals surface area contributed by atoms with Crippen molar-refractivity contribution in [2.75, 3.05) is 5.32 Å². The third-order valence-electron chi connectivity index (χ3n) is 4.64. The Balaban J connectivity index is 1.84. The van der Waals surface area contributed by atoms with Crippen LogP contribution in [0.2, 0.25) is 0 Å². The van der Waals surface area contributed by atoms with E-state index in [1.54, 1.807) is 11.3 Å². The quantitative estimate of drug-likeness (QED) is 0.775. The van der Waals surface area contributed by atoms with Crippen molar-refractivity contribution in [2.45, 2.75) is 32.6 Å². The Hall–Kier alpha value is -2.40. The number of carbonyl (C=O) groups excluding carboxylic acids is 1. The lowest BCUT2D eigenvalue weighted by molar-refractivity contribution is -0.116. The molecule has 0 spiro atoms. The molecule has 3 aromatic rings. The Labute approximate surface area is 145 Å². The average Bonchev–Trinajstić information content (AvgIpc) is 3.23. The fourth-order valence-electron chi connectivity index (χ4n) is 3.36. The van der Waals surface area contributed by atoms with Crippen LogP contribution in [-0.2, 0) is 11.2 Å². The molecule has 1 N–H and O–H groups in total. The van der Waals surface area contributed by atoms with Crippen LogP contribution in [0.3, 0.4) is 0 Å². The first-order chi connectivity index (χ1) is 11.7. The molecule has 1 aliphatic rings. The average molecular weight is 337 g/mol. The molecule has 1 aromatic carbocycles. The van der Waals surface area contributed by atoms with Gasteiger partial charge in [-0.15, -0.1) is 0 Å². The van der Waals surface area contributed by atoms with E-state index in [-0.39, 0.29) is 11.8 Å². The molecule has 1 atom stereocenters. The molecule has 2 aromatic heterocycles. The molecule has 0 fully saturated rings. The van der Waals surface area contributed by atoms with Gasteiger partial charge in [-0.25, -0.2) is 4.68 Å². The van der Waals surface area contributed by atoms with Crippen molar-refractivity contribution in [3.63, 3.8) is 0 Å². The van der Waals surface area contributed by atoms with Crippen LogP contribution in [0.1, 0.15) is 41.6 Å². The third-order valence-corrected chi connectivity index (χ3v) is 5.34. The van der Waals surface area contributed by atoms with Gasteiger partial charge in [-0.1, -0.05) is 19.1 Å². The summed E-state index contributed by atoms with van der Waals surface area (Å²) in [4.78, 5) is 12.3. The molecule has 0 saturated heterocycles. The summed E-state index contributed by atoms with van der Waals surface area (Å²) in [7, 11) is 0. The van der Waals surface area contributed by atoms with E-state index < -0.39 is 0 Å². The fourth-order valence-corrected chi connectivity index (χ4v) is 4.08. The topological polar surface area (TPSA) is 46.9 Å². The molecule has 4 nitrogen and oxygen atoms in total. The monoisotopic (exact) mass is 337 g/mol. The minimum Gasteiger partial charge on any atom is -0.310 e.